The van der Waals surface area contributed by atoms with E-state index in [1.807, 2.05) is 21.1 Å². The van der Waals surface area contributed by atoms with E-state index in [9.17, 15) is 4.79 Å². The molecule has 1 amide bonds. The molecule has 1 fully saturated rings. The van der Waals surface area contributed by atoms with Gasteiger partial charge in [0.05, 0.1) is 21.1 Å². The molecule has 0 spiro atoms. The van der Waals surface area contributed by atoms with Gasteiger partial charge < -0.3 is 4.48 Å². The quantitative estimate of drug-likeness (QED) is 0.455. The predicted octanol–water partition coefficient (Wildman–Crippen LogP) is 0.186. The van der Waals surface area contributed by atoms with Gasteiger partial charge in [0.15, 0.2) is 5.54 Å². The number of thiol groups is 1. The van der Waals surface area contributed by atoms with Crippen molar-refractivity contribution >= 4 is 18.7 Å². The lowest BCUT2D eigenvalue weighted by molar-refractivity contribution is -0.897. The summed E-state index contributed by atoms with van der Waals surface area (Å²) in [6, 6.07) is 0. The Kier molecular flexibility index (Phi) is 1.92. The molecule has 0 atom stereocenters. The number of hydrogen-bond donors (Lipinski definition) is 2. The molecule has 0 bridgehead atoms. The Morgan fingerprint density at radius 3 is 2.00 bits per heavy atom. The van der Waals surface area contributed by atoms with Crippen LogP contribution >= 0.6 is 12.8 Å². The molecular weight excluding hydrogens is 160 g/mol. The van der Waals surface area contributed by atoms with Gasteiger partial charge in [-0.1, -0.05) is 12.8 Å². The lowest BCUT2D eigenvalue weighted by atomic mass is 10.2. The Morgan fingerprint density at radius 1 is 1.45 bits per heavy atom. The summed E-state index contributed by atoms with van der Waals surface area (Å²) in [5.74, 6) is 0.0494. The first-order chi connectivity index (χ1) is 4.94. The highest BCUT2D eigenvalue weighted by Gasteiger charge is 2.60. The summed E-state index contributed by atoms with van der Waals surface area (Å²) in [4.78, 5) is 11.3. The molecule has 0 aromatic carbocycles. The van der Waals surface area contributed by atoms with E-state index in [0.717, 1.165) is 12.8 Å². The van der Waals surface area contributed by atoms with Crippen LogP contribution in [0.3, 0.4) is 0 Å². The Labute approximate surface area is 72.9 Å². The maximum Gasteiger partial charge on any atom is 0.291 e. The first-order valence-corrected chi connectivity index (χ1v) is 4.15. The molecule has 0 saturated heterocycles. The molecule has 0 heterocycles. The van der Waals surface area contributed by atoms with Crippen molar-refractivity contribution in [3.8, 4) is 0 Å². The maximum atomic E-state index is 11.3. The van der Waals surface area contributed by atoms with Crippen LogP contribution in [0.4, 0.5) is 0 Å². The SMILES string of the molecule is C[N+](C)(C)C1(C(=O)NS)CC1. The highest BCUT2D eigenvalue weighted by atomic mass is 32.1. The van der Waals surface area contributed by atoms with Crippen molar-refractivity contribution in [3.05, 3.63) is 0 Å². The van der Waals surface area contributed by atoms with E-state index >= 15 is 0 Å². The molecular formula is C7H15N2OS+. The highest BCUT2D eigenvalue weighted by molar-refractivity contribution is 7.78. The normalized spacial score (nSPS) is 21.1. The van der Waals surface area contributed by atoms with Crippen LogP contribution in [0.1, 0.15) is 12.8 Å². The second kappa shape index (κ2) is 2.38. The van der Waals surface area contributed by atoms with Gasteiger partial charge in [0.2, 0.25) is 0 Å². The standard InChI is InChI=1S/C7H14N2OS/c1-9(2,3)7(4-5-7)6(10)8-11/h4-5H2,1-3H3,(H-,8,10,11)/p+1. The van der Waals surface area contributed by atoms with Gasteiger partial charge >= 0.3 is 0 Å². The van der Waals surface area contributed by atoms with Crippen LogP contribution < -0.4 is 4.72 Å². The van der Waals surface area contributed by atoms with Gasteiger partial charge in [-0.05, 0) is 0 Å². The van der Waals surface area contributed by atoms with E-state index in [1.165, 1.54) is 0 Å². The molecule has 0 radical (unpaired) electrons. The smallest absolute Gasteiger partial charge is 0.291 e. The minimum Gasteiger partial charge on any atom is -0.318 e. The maximum absolute atomic E-state index is 11.3. The number of likely N-dealkylation sites (N-methyl/N-ethyl adjacent to an activating group) is 1. The molecule has 3 nitrogen and oxygen atoms in total. The van der Waals surface area contributed by atoms with E-state index < -0.39 is 0 Å². The van der Waals surface area contributed by atoms with Crippen molar-refractivity contribution in [1.29, 1.82) is 0 Å². The van der Waals surface area contributed by atoms with Crippen molar-refractivity contribution in [2.45, 2.75) is 18.4 Å². The third-order valence-electron chi connectivity index (χ3n) is 2.53. The van der Waals surface area contributed by atoms with Crippen LogP contribution in [0.2, 0.25) is 0 Å². The number of quaternary nitrogens is 1. The number of carbonyl (C=O) groups excluding carboxylic acids is 1. The zero-order valence-electron chi connectivity index (χ0n) is 7.22. The summed E-state index contributed by atoms with van der Waals surface area (Å²) in [6.45, 7) is 0. The molecule has 1 aliphatic carbocycles. The van der Waals surface area contributed by atoms with E-state index in [0.29, 0.717) is 4.48 Å². The fraction of sp³-hybridized carbons (Fsp3) is 0.857. The van der Waals surface area contributed by atoms with Gasteiger partial charge in [-0.25, -0.2) is 0 Å². The van der Waals surface area contributed by atoms with Gasteiger partial charge in [-0.15, -0.1) is 0 Å². The summed E-state index contributed by atoms with van der Waals surface area (Å²) in [7, 11) is 6.11. The molecule has 1 N–H and O–H groups in total. The van der Waals surface area contributed by atoms with Crippen LogP contribution in [0.15, 0.2) is 0 Å². The summed E-state index contributed by atoms with van der Waals surface area (Å²) in [5, 5.41) is 0. The molecule has 11 heavy (non-hydrogen) atoms. The first kappa shape index (κ1) is 8.87. The van der Waals surface area contributed by atoms with Crippen LogP contribution in [0, 0.1) is 0 Å². The second-order valence-corrected chi connectivity index (χ2v) is 4.21. The van der Waals surface area contributed by atoms with Gasteiger partial charge in [-0.3, -0.25) is 9.52 Å². The van der Waals surface area contributed by atoms with Crippen molar-refractivity contribution in [3.63, 3.8) is 0 Å². The Morgan fingerprint density at radius 2 is 1.91 bits per heavy atom. The average Bonchev–Trinajstić information content (AvgIpc) is 2.63. The summed E-state index contributed by atoms with van der Waals surface area (Å²) in [5.41, 5.74) is -0.193. The Balaban J connectivity index is 2.76. The lowest BCUT2D eigenvalue weighted by Crippen LogP contribution is -2.54. The zero-order valence-corrected chi connectivity index (χ0v) is 8.11. The van der Waals surface area contributed by atoms with Crippen LogP contribution in [-0.4, -0.2) is 37.1 Å². The predicted molar refractivity (Wildman–Crippen MR) is 47.1 cm³/mol. The number of amides is 1. The number of nitrogens with zero attached hydrogens (tertiary/aromatic N) is 1. The summed E-state index contributed by atoms with van der Waals surface area (Å²) in [6.07, 6.45) is 1.95. The fourth-order valence-corrected chi connectivity index (χ4v) is 1.63. The van der Waals surface area contributed by atoms with Crippen LogP contribution in [-0.2, 0) is 4.79 Å². The molecule has 0 aromatic rings. The molecule has 0 aliphatic heterocycles. The molecule has 1 saturated carbocycles. The minimum atomic E-state index is -0.193. The van der Waals surface area contributed by atoms with E-state index in [2.05, 4.69) is 17.5 Å². The Hall–Kier alpha value is -0.220. The first-order valence-electron chi connectivity index (χ1n) is 3.70. The van der Waals surface area contributed by atoms with Crippen molar-refractivity contribution in [1.82, 2.24) is 4.72 Å². The third-order valence-corrected chi connectivity index (χ3v) is 2.73. The summed E-state index contributed by atoms with van der Waals surface area (Å²) >= 11 is 3.77. The van der Waals surface area contributed by atoms with Crippen LogP contribution in [0.5, 0.6) is 0 Å². The van der Waals surface area contributed by atoms with Gasteiger partial charge in [0.25, 0.3) is 5.91 Å². The van der Waals surface area contributed by atoms with Crippen molar-refractivity contribution in [2.75, 3.05) is 21.1 Å². The third kappa shape index (κ3) is 1.25. The van der Waals surface area contributed by atoms with Gasteiger partial charge in [0.1, 0.15) is 0 Å². The molecule has 64 valence electrons. The lowest BCUT2D eigenvalue weighted by Gasteiger charge is -2.32. The van der Waals surface area contributed by atoms with Crippen molar-refractivity contribution in [2.24, 2.45) is 0 Å². The van der Waals surface area contributed by atoms with Gasteiger partial charge in [0, 0.05) is 12.8 Å². The zero-order chi connectivity index (χ0) is 8.70. The fourth-order valence-electron chi connectivity index (χ4n) is 1.42. The van der Waals surface area contributed by atoms with E-state index in [1.54, 1.807) is 0 Å². The monoisotopic (exact) mass is 175 g/mol. The minimum absolute atomic E-state index is 0.0494. The molecule has 1 rings (SSSR count). The summed E-state index contributed by atoms with van der Waals surface area (Å²) < 4.78 is 3.11. The molecule has 4 heteroatoms. The largest absolute Gasteiger partial charge is 0.318 e. The number of nitrogens with one attached hydrogen (secondary N) is 1. The number of hydrogen-bond acceptors (Lipinski definition) is 2. The average molecular weight is 175 g/mol. The second-order valence-electron chi connectivity index (χ2n) is 3.98. The number of carbonyl (C=O) groups is 1. The van der Waals surface area contributed by atoms with Gasteiger partial charge in [-0.2, -0.15) is 0 Å². The highest BCUT2D eigenvalue weighted by Crippen LogP contribution is 2.44. The van der Waals surface area contributed by atoms with E-state index in [-0.39, 0.29) is 11.4 Å². The number of rotatable bonds is 2. The molecule has 0 aromatic heterocycles. The van der Waals surface area contributed by atoms with Crippen molar-refractivity contribution < 1.29 is 9.28 Å². The topological polar surface area (TPSA) is 29.1 Å². The molecule has 0 unspecified atom stereocenters. The molecule has 1 aliphatic rings. The van der Waals surface area contributed by atoms with Crippen LogP contribution in [0.25, 0.3) is 0 Å². The van der Waals surface area contributed by atoms with E-state index in [4.69, 9.17) is 0 Å². The Bertz CT molecular complexity index is 181.